The van der Waals surface area contributed by atoms with Crippen molar-refractivity contribution in [1.82, 2.24) is 25.2 Å². The smallest absolute Gasteiger partial charge is 0.347 e. The molecule has 0 saturated carbocycles. The maximum absolute atomic E-state index is 10.8. The summed E-state index contributed by atoms with van der Waals surface area (Å²) in [7, 11) is 0. The molecule has 2 heterocycles. The van der Waals surface area contributed by atoms with Crippen LogP contribution in [0.25, 0.3) is 5.69 Å². The molecule has 1 N–H and O–H groups in total. The first-order chi connectivity index (χ1) is 9.74. The number of aromatic carboxylic acids is 1. The molecule has 0 spiro atoms. The van der Waals surface area contributed by atoms with Gasteiger partial charge in [-0.25, -0.2) is 9.78 Å². The van der Waals surface area contributed by atoms with E-state index in [1.807, 2.05) is 30.3 Å². The van der Waals surface area contributed by atoms with Crippen molar-refractivity contribution in [2.75, 3.05) is 0 Å². The summed E-state index contributed by atoms with van der Waals surface area (Å²) in [6, 6.07) is 9.44. The number of carboxylic acids is 1. The third-order valence-electron chi connectivity index (χ3n) is 2.32. The Balaban J connectivity index is 1.88. The number of nitrogens with zero attached hydrogens (tertiary/aromatic N) is 5. The lowest BCUT2D eigenvalue weighted by atomic mass is 10.3. The van der Waals surface area contributed by atoms with Crippen LogP contribution in [0.2, 0.25) is 0 Å². The molecule has 0 unspecified atom stereocenters. The van der Waals surface area contributed by atoms with Crippen LogP contribution in [0.5, 0.6) is 0 Å². The molecular formula is C11H7N5O2S2. The highest BCUT2D eigenvalue weighted by Crippen LogP contribution is 2.30. The lowest BCUT2D eigenvalue weighted by Gasteiger charge is -2.01. The Morgan fingerprint density at radius 2 is 2.10 bits per heavy atom. The van der Waals surface area contributed by atoms with Crippen molar-refractivity contribution in [2.45, 2.75) is 9.50 Å². The van der Waals surface area contributed by atoms with Crippen LogP contribution >= 0.6 is 23.1 Å². The molecule has 0 bridgehead atoms. The lowest BCUT2D eigenvalue weighted by Crippen LogP contribution is -1.98. The van der Waals surface area contributed by atoms with Gasteiger partial charge in [-0.05, 0) is 34.3 Å². The number of benzene rings is 1. The molecule has 0 fully saturated rings. The van der Waals surface area contributed by atoms with Crippen molar-refractivity contribution in [1.29, 1.82) is 0 Å². The summed E-state index contributed by atoms with van der Waals surface area (Å²) in [5.74, 6) is -0.989. The minimum Gasteiger partial charge on any atom is -0.477 e. The highest BCUT2D eigenvalue weighted by molar-refractivity contribution is 8.00. The number of carbonyl (C=O) groups is 1. The molecule has 1 aromatic carbocycles. The van der Waals surface area contributed by atoms with Crippen LogP contribution in [0.4, 0.5) is 0 Å². The number of carboxylic acid groups (broad SMARTS) is 1. The second-order valence-corrected chi connectivity index (χ2v) is 5.85. The second kappa shape index (κ2) is 5.39. The van der Waals surface area contributed by atoms with Crippen LogP contribution in [0.15, 0.2) is 46.0 Å². The van der Waals surface area contributed by atoms with E-state index in [-0.39, 0.29) is 4.88 Å². The average Bonchev–Trinajstić information content (AvgIpc) is 3.09. The molecule has 0 aliphatic heterocycles. The third-order valence-corrected chi connectivity index (χ3v) is 4.31. The van der Waals surface area contributed by atoms with Gasteiger partial charge in [-0.2, -0.15) is 4.68 Å². The van der Waals surface area contributed by atoms with Crippen molar-refractivity contribution in [3.63, 3.8) is 0 Å². The Labute approximate surface area is 121 Å². The molecule has 100 valence electrons. The van der Waals surface area contributed by atoms with Gasteiger partial charge in [-0.15, -0.1) is 16.4 Å². The SMILES string of the molecule is O=C(O)c1cnc(Sc2nnnn2-c2ccccc2)s1. The molecule has 0 amide bonds. The van der Waals surface area contributed by atoms with Gasteiger partial charge in [0.15, 0.2) is 4.34 Å². The van der Waals surface area contributed by atoms with E-state index in [0.29, 0.717) is 9.50 Å². The first-order valence-corrected chi connectivity index (χ1v) is 7.08. The summed E-state index contributed by atoms with van der Waals surface area (Å²) in [5, 5.41) is 20.9. The summed E-state index contributed by atoms with van der Waals surface area (Å²) in [4.78, 5) is 15.0. The average molecular weight is 305 g/mol. The fourth-order valence-electron chi connectivity index (χ4n) is 1.46. The van der Waals surface area contributed by atoms with Crippen LogP contribution in [-0.4, -0.2) is 36.3 Å². The van der Waals surface area contributed by atoms with Gasteiger partial charge < -0.3 is 5.11 Å². The predicted molar refractivity (Wildman–Crippen MR) is 72.4 cm³/mol. The van der Waals surface area contributed by atoms with Gasteiger partial charge in [0.05, 0.1) is 11.9 Å². The minimum atomic E-state index is -0.989. The lowest BCUT2D eigenvalue weighted by molar-refractivity contribution is 0.0702. The zero-order chi connectivity index (χ0) is 13.9. The van der Waals surface area contributed by atoms with Crippen molar-refractivity contribution in [3.8, 4) is 5.69 Å². The van der Waals surface area contributed by atoms with Crippen LogP contribution in [0.3, 0.4) is 0 Å². The number of rotatable bonds is 4. The third kappa shape index (κ3) is 2.53. The maximum atomic E-state index is 10.8. The number of hydrogen-bond donors (Lipinski definition) is 1. The van der Waals surface area contributed by atoms with Crippen molar-refractivity contribution in [2.24, 2.45) is 0 Å². The molecule has 0 radical (unpaired) electrons. The highest BCUT2D eigenvalue weighted by Gasteiger charge is 2.14. The summed E-state index contributed by atoms with van der Waals surface area (Å²) >= 11 is 2.31. The van der Waals surface area contributed by atoms with E-state index < -0.39 is 5.97 Å². The van der Waals surface area contributed by atoms with E-state index in [1.54, 1.807) is 4.68 Å². The fraction of sp³-hybridized carbons (Fsp3) is 0. The van der Waals surface area contributed by atoms with Gasteiger partial charge >= 0.3 is 5.97 Å². The Morgan fingerprint density at radius 3 is 2.80 bits per heavy atom. The molecule has 9 heteroatoms. The van der Waals surface area contributed by atoms with Crippen LogP contribution < -0.4 is 0 Å². The molecular weight excluding hydrogens is 298 g/mol. The maximum Gasteiger partial charge on any atom is 0.347 e. The van der Waals surface area contributed by atoms with E-state index in [2.05, 4.69) is 20.5 Å². The van der Waals surface area contributed by atoms with E-state index in [0.717, 1.165) is 17.0 Å². The van der Waals surface area contributed by atoms with E-state index in [1.165, 1.54) is 18.0 Å². The quantitative estimate of drug-likeness (QED) is 0.787. The Morgan fingerprint density at radius 1 is 1.30 bits per heavy atom. The largest absolute Gasteiger partial charge is 0.477 e. The van der Waals surface area contributed by atoms with Gasteiger partial charge in [0.2, 0.25) is 5.16 Å². The summed E-state index contributed by atoms with van der Waals surface area (Å²) in [5.41, 5.74) is 0.829. The molecule has 0 aliphatic carbocycles. The molecule has 7 nitrogen and oxygen atoms in total. The van der Waals surface area contributed by atoms with Crippen LogP contribution in [-0.2, 0) is 0 Å². The standard InChI is InChI=1S/C11H7N5O2S2/c17-9(18)8-6-12-11(19-8)20-10-13-14-15-16(10)7-4-2-1-3-5-7/h1-6H,(H,17,18). The fourth-order valence-corrected chi connectivity index (χ4v) is 3.17. The summed E-state index contributed by atoms with van der Waals surface area (Å²) in [6.45, 7) is 0. The first kappa shape index (κ1) is 12.8. The normalized spacial score (nSPS) is 10.6. The number of para-hydroxylation sites is 1. The molecule has 0 atom stereocenters. The zero-order valence-electron chi connectivity index (χ0n) is 9.87. The van der Waals surface area contributed by atoms with Gasteiger partial charge in [0.25, 0.3) is 0 Å². The number of hydrogen-bond acceptors (Lipinski definition) is 7. The summed E-state index contributed by atoms with van der Waals surface area (Å²) < 4.78 is 2.15. The minimum absolute atomic E-state index is 0.186. The number of aromatic nitrogens is 5. The monoisotopic (exact) mass is 305 g/mol. The second-order valence-electron chi connectivity index (χ2n) is 3.61. The molecule has 20 heavy (non-hydrogen) atoms. The van der Waals surface area contributed by atoms with E-state index >= 15 is 0 Å². The topological polar surface area (TPSA) is 93.8 Å². The van der Waals surface area contributed by atoms with Gasteiger partial charge in [-0.1, -0.05) is 18.2 Å². The van der Waals surface area contributed by atoms with Gasteiger partial charge in [0.1, 0.15) is 4.88 Å². The Kier molecular flexibility index (Phi) is 3.44. The van der Waals surface area contributed by atoms with Crippen molar-refractivity contribution >= 4 is 29.1 Å². The van der Waals surface area contributed by atoms with Crippen molar-refractivity contribution < 1.29 is 9.90 Å². The van der Waals surface area contributed by atoms with E-state index in [9.17, 15) is 4.79 Å². The van der Waals surface area contributed by atoms with Crippen LogP contribution in [0, 0.1) is 0 Å². The zero-order valence-corrected chi connectivity index (χ0v) is 11.5. The Hall–Kier alpha value is -2.26. The Bertz CT molecular complexity index is 740. The van der Waals surface area contributed by atoms with Crippen LogP contribution in [0.1, 0.15) is 9.67 Å². The molecule has 0 aliphatic rings. The molecule has 2 aromatic heterocycles. The molecule has 0 saturated heterocycles. The van der Waals surface area contributed by atoms with E-state index in [4.69, 9.17) is 5.11 Å². The highest BCUT2D eigenvalue weighted by atomic mass is 32.2. The van der Waals surface area contributed by atoms with Gasteiger partial charge in [-0.3, -0.25) is 0 Å². The van der Waals surface area contributed by atoms with Crippen molar-refractivity contribution in [3.05, 3.63) is 41.4 Å². The first-order valence-electron chi connectivity index (χ1n) is 5.45. The number of tetrazole rings is 1. The van der Waals surface area contributed by atoms with Gasteiger partial charge in [0, 0.05) is 0 Å². The molecule has 3 rings (SSSR count). The molecule has 3 aromatic rings. The summed E-state index contributed by atoms with van der Waals surface area (Å²) in [6.07, 6.45) is 1.33. The number of thiazole rings is 1. The predicted octanol–water partition coefficient (Wildman–Crippen LogP) is 1.97.